The van der Waals surface area contributed by atoms with Crippen LogP contribution in [0.2, 0.25) is 0 Å². The predicted octanol–water partition coefficient (Wildman–Crippen LogP) is -1.78. The number of nitrogens with zero attached hydrogens (tertiary/aromatic N) is 2. The first-order chi connectivity index (χ1) is 3.46. The number of hydrogen-bond acceptors (Lipinski definition) is 6. The molecular weight excluding hydrogens is 173 g/mol. The zero-order chi connectivity index (χ0) is 7.15. The Kier molecular flexibility index (Phi) is 36.0. The molecule has 0 aromatic rings. The summed E-state index contributed by atoms with van der Waals surface area (Å²) in [5, 5.41) is 29.5. The minimum absolute atomic E-state index is 0. The van der Waals surface area contributed by atoms with Crippen molar-refractivity contribution < 1.29 is 10.2 Å². The molecule has 10 heavy (non-hydrogen) atoms. The van der Waals surface area contributed by atoms with Gasteiger partial charge in [-0.3, -0.25) is 0 Å². The second-order valence-electron chi connectivity index (χ2n) is 0.447. The van der Waals surface area contributed by atoms with E-state index >= 15 is 0 Å². The van der Waals surface area contributed by atoms with Gasteiger partial charge in [-0.1, -0.05) is 0 Å². The van der Waals surface area contributed by atoms with E-state index in [1.165, 1.54) is 0 Å². The molecule has 0 heterocycles. The van der Waals surface area contributed by atoms with Crippen molar-refractivity contribution in [3.63, 3.8) is 0 Å². The topological polar surface area (TPSA) is 132 Å². The zero-order valence-electron chi connectivity index (χ0n) is 4.05. The molecular formula is H2Mg2N2O6. The molecule has 0 aliphatic carbocycles. The molecule has 0 aliphatic rings. The molecule has 0 fully saturated rings. The molecule has 0 unspecified atom stereocenters. The fraction of sp³-hybridized carbons (Fsp3) is 0. The summed E-state index contributed by atoms with van der Waals surface area (Å²) in [6, 6.07) is 0. The minimum atomic E-state index is -1.75. The average Bonchev–Trinajstić information content (AvgIpc) is 1.25. The second-order valence-corrected chi connectivity index (χ2v) is 0.447. The van der Waals surface area contributed by atoms with Gasteiger partial charge in [-0.15, -0.1) is 0 Å². The van der Waals surface area contributed by atoms with Crippen LogP contribution in [0.3, 0.4) is 0 Å². The van der Waals surface area contributed by atoms with Crippen LogP contribution in [-0.4, -0.2) is 56.3 Å². The fourth-order valence-corrected chi connectivity index (χ4v) is 0. The molecule has 0 aromatic carbocycles. The van der Waals surface area contributed by atoms with Crippen LogP contribution in [0.1, 0.15) is 0 Å². The van der Waals surface area contributed by atoms with Crippen molar-refractivity contribution in [1.29, 1.82) is 0 Å². The Morgan fingerprint density at radius 3 is 0.800 bits per heavy atom. The normalized spacial score (nSPS) is 4.80. The van der Waals surface area contributed by atoms with Crippen molar-refractivity contribution in [1.82, 2.24) is 0 Å². The first kappa shape index (κ1) is 22.5. The third-order valence-electron chi connectivity index (χ3n) is 0. The van der Waals surface area contributed by atoms with Gasteiger partial charge in [0.1, 0.15) is 0 Å². The van der Waals surface area contributed by atoms with Crippen LogP contribution in [0.5, 0.6) is 0 Å². The number of hydrogen-bond donors (Lipinski definition) is 0. The summed E-state index contributed by atoms with van der Waals surface area (Å²) >= 11 is 0. The monoisotopic (exact) mass is 174 g/mol. The van der Waals surface area contributed by atoms with Gasteiger partial charge in [0.25, 0.3) is 0 Å². The van der Waals surface area contributed by atoms with Gasteiger partial charge in [0.2, 0.25) is 0 Å². The van der Waals surface area contributed by atoms with E-state index in [-0.39, 0.29) is 46.1 Å². The maximum atomic E-state index is 8.25. The standard InChI is InChI=1S/2Mg.2NO3.2H/c;;2*2-1(3)4;;/q;+2;2*-1;;. The van der Waals surface area contributed by atoms with E-state index in [2.05, 4.69) is 0 Å². The van der Waals surface area contributed by atoms with Crippen molar-refractivity contribution in [3.8, 4) is 0 Å². The van der Waals surface area contributed by atoms with E-state index in [1.807, 2.05) is 0 Å². The van der Waals surface area contributed by atoms with Crippen molar-refractivity contribution >= 4 is 46.1 Å². The molecule has 8 nitrogen and oxygen atoms in total. The Bertz CT molecular complexity index is 71.7. The molecule has 0 saturated carbocycles. The zero-order valence-corrected chi connectivity index (χ0v) is 5.47. The van der Waals surface area contributed by atoms with Gasteiger partial charge >= 0.3 is 46.1 Å². The van der Waals surface area contributed by atoms with E-state index in [9.17, 15) is 0 Å². The Morgan fingerprint density at radius 1 is 0.800 bits per heavy atom. The molecule has 0 rings (SSSR count). The van der Waals surface area contributed by atoms with E-state index in [0.717, 1.165) is 0 Å². The van der Waals surface area contributed by atoms with Gasteiger partial charge in [0, 0.05) is 0 Å². The Labute approximate surface area is 86.7 Å². The molecule has 0 saturated heterocycles. The Hall–Kier alpha value is -0.0675. The first-order valence-electron chi connectivity index (χ1n) is 1.10. The van der Waals surface area contributed by atoms with Crippen molar-refractivity contribution in [2.24, 2.45) is 0 Å². The third kappa shape index (κ3) is 83600. The molecule has 0 aromatic heterocycles. The minimum Gasteiger partial charge on any atom is -0.356 e. The molecule has 10 heteroatoms. The van der Waals surface area contributed by atoms with E-state index in [0.29, 0.717) is 0 Å². The van der Waals surface area contributed by atoms with Gasteiger partial charge in [-0.2, -0.15) is 0 Å². The molecule has 0 spiro atoms. The quantitative estimate of drug-likeness (QED) is 0.242. The first-order valence-corrected chi connectivity index (χ1v) is 1.10. The Balaban J connectivity index is -0.0000000300. The van der Waals surface area contributed by atoms with Gasteiger partial charge in [-0.25, -0.2) is 0 Å². The molecule has 0 aliphatic heterocycles. The SMILES string of the molecule is O=[N+]([O-])[O-].O=[N+]([O-])[O-].[Mg+2].[MgH2]. The van der Waals surface area contributed by atoms with Crippen LogP contribution in [0.15, 0.2) is 0 Å². The van der Waals surface area contributed by atoms with Gasteiger partial charge in [0.15, 0.2) is 0 Å². The van der Waals surface area contributed by atoms with Gasteiger partial charge < -0.3 is 30.6 Å². The molecule has 0 radical (unpaired) electrons. The van der Waals surface area contributed by atoms with Crippen LogP contribution in [0, 0.1) is 30.6 Å². The van der Waals surface area contributed by atoms with Gasteiger partial charge in [-0.05, 0) is 0 Å². The summed E-state index contributed by atoms with van der Waals surface area (Å²) in [5.41, 5.74) is 0. The summed E-state index contributed by atoms with van der Waals surface area (Å²) in [4.78, 5) is 16.5. The maximum Gasteiger partial charge on any atom is 2.00 e. The summed E-state index contributed by atoms with van der Waals surface area (Å²) in [7, 11) is 0. The summed E-state index contributed by atoms with van der Waals surface area (Å²) in [5.74, 6) is 0. The summed E-state index contributed by atoms with van der Waals surface area (Å²) < 4.78 is 0. The van der Waals surface area contributed by atoms with Crippen molar-refractivity contribution in [2.45, 2.75) is 0 Å². The van der Waals surface area contributed by atoms with Crippen LogP contribution in [0.4, 0.5) is 0 Å². The fourth-order valence-electron chi connectivity index (χ4n) is 0. The third-order valence-corrected chi connectivity index (χ3v) is 0. The molecule has 0 amide bonds. The van der Waals surface area contributed by atoms with E-state index < -0.39 is 10.2 Å². The largest absolute Gasteiger partial charge is 2.00 e. The molecule has 0 bridgehead atoms. The van der Waals surface area contributed by atoms with Crippen LogP contribution in [0.25, 0.3) is 0 Å². The maximum absolute atomic E-state index is 8.25. The van der Waals surface area contributed by atoms with Crippen LogP contribution < -0.4 is 0 Å². The van der Waals surface area contributed by atoms with Crippen molar-refractivity contribution in [3.05, 3.63) is 30.6 Å². The summed E-state index contributed by atoms with van der Waals surface area (Å²) in [6.07, 6.45) is 0. The second kappa shape index (κ2) is 16.0. The Morgan fingerprint density at radius 2 is 0.800 bits per heavy atom. The van der Waals surface area contributed by atoms with Crippen molar-refractivity contribution in [2.75, 3.05) is 0 Å². The average molecular weight is 175 g/mol. The number of rotatable bonds is 0. The molecule has 0 N–H and O–H groups in total. The van der Waals surface area contributed by atoms with Crippen LogP contribution >= 0.6 is 0 Å². The smallest absolute Gasteiger partial charge is 0.356 e. The predicted molar refractivity (Wildman–Crippen MR) is 35.0 cm³/mol. The summed E-state index contributed by atoms with van der Waals surface area (Å²) in [6.45, 7) is 0. The van der Waals surface area contributed by atoms with Crippen LogP contribution in [-0.2, 0) is 0 Å². The van der Waals surface area contributed by atoms with E-state index in [4.69, 9.17) is 30.6 Å². The van der Waals surface area contributed by atoms with E-state index in [1.54, 1.807) is 0 Å². The van der Waals surface area contributed by atoms with Gasteiger partial charge in [0.05, 0.1) is 10.2 Å². The molecule has 52 valence electrons. The molecule has 0 atom stereocenters.